The molecule has 1 unspecified atom stereocenters. The summed E-state index contributed by atoms with van der Waals surface area (Å²) >= 11 is 1.10. The Bertz CT molecular complexity index is 1600. The topological polar surface area (TPSA) is 144 Å². The van der Waals surface area contributed by atoms with Crippen molar-refractivity contribution in [2.24, 2.45) is 5.92 Å². The number of likely N-dealkylation sites (tertiary alicyclic amines) is 1. The van der Waals surface area contributed by atoms with Gasteiger partial charge in [0.1, 0.15) is 11.9 Å². The van der Waals surface area contributed by atoms with Gasteiger partial charge in [0.15, 0.2) is 11.5 Å². The van der Waals surface area contributed by atoms with Crippen LogP contribution in [0.15, 0.2) is 42.5 Å². The Hall–Kier alpha value is -4.59. The summed E-state index contributed by atoms with van der Waals surface area (Å²) in [4.78, 5) is 66.6. The summed E-state index contributed by atoms with van der Waals surface area (Å²) in [6.07, 6.45) is 0.788. The van der Waals surface area contributed by atoms with E-state index >= 15 is 0 Å². The first-order valence-electron chi connectivity index (χ1n) is 15.1. The number of amides is 3. The number of carbonyl (C=O) groups excluding carboxylic acids is 4. The highest BCUT2D eigenvalue weighted by Gasteiger charge is 2.37. The molecular weight excluding hydrogens is 612 g/mol. The third-order valence-corrected chi connectivity index (χ3v) is 9.32. The molecule has 46 heavy (non-hydrogen) atoms. The number of piperazine rings is 1. The number of ether oxygens (including phenoxy) is 3. The Morgan fingerprint density at radius 1 is 0.957 bits per heavy atom. The van der Waals surface area contributed by atoms with Crippen molar-refractivity contribution in [1.82, 2.24) is 19.8 Å². The number of aromatic nitrogens is 2. The van der Waals surface area contributed by atoms with E-state index < -0.39 is 18.1 Å². The van der Waals surface area contributed by atoms with Crippen molar-refractivity contribution in [3.8, 4) is 11.5 Å². The molecule has 2 aliphatic rings. The van der Waals surface area contributed by atoms with Crippen LogP contribution in [-0.4, -0.2) is 109 Å². The van der Waals surface area contributed by atoms with Crippen LogP contribution in [0.2, 0.25) is 0 Å². The highest BCUT2D eigenvalue weighted by Crippen LogP contribution is 2.35. The van der Waals surface area contributed by atoms with Gasteiger partial charge in [-0.3, -0.25) is 14.4 Å². The van der Waals surface area contributed by atoms with Crippen LogP contribution >= 0.6 is 11.8 Å². The second-order valence-corrected chi connectivity index (χ2v) is 12.1. The number of hydrogen-bond donors (Lipinski definition) is 1. The molecule has 3 heterocycles. The van der Waals surface area contributed by atoms with Gasteiger partial charge in [0.05, 0.1) is 26.8 Å². The molecular formula is C32H38N6O7S. The average Bonchev–Trinajstić information content (AvgIpc) is 3.60. The minimum absolute atomic E-state index is 0.0961. The lowest BCUT2D eigenvalue weighted by Gasteiger charge is -2.34. The molecule has 244 valence electrons. The van der Waals surface area contributed by atoms with Crippen LogP contribution in [0.4, 0.5) is 16.6 Å². The van der Waals surface area contributed by atoms with E-state index in [1.54, 1.807) is 53.1 Å². The van der Waals surface area contributed by atoms with Gasteiger partial charge in [-0.25, -0.2) is 9.78 Å². The van der Waals surface area contributed by atoms with Crippen LogP contribution in [0, 0.1) is 5.92 Å². The number of methoxy groups -OCH3 is 3. The predicted molar refractivity (Wildman–Crippen MR) is 175 cm³/mol. The summed E-state index contributed by atoms with van der Waals surface area (Å²) < 4.78 is 15.9. The summed E-state index contributed by atoms with van der Waals surface area (Å²) in [5.41, 5.74) is 1.11. The number of nitrogens with zero attached hydrogens (tertiary/aromatic N) is 5. The van der Waals surface area contributed by atoms with Crippen molar-refractivity contribution in [2.75, 3.05) is 70.0 Å². The standard InChI is InChI=1S/C32H38N6O7S/c1-20(19-46-30(41)21-9-6-5-7-10-21)29(40)38-12-8-11-24(38)28(39)34-27-22-17-25(43-2)26(44-3)18-23(22)33-31(35-27)36-13-15-37(16-14-36)32(42)45-4/h5-7,9-10,17-18,20,24H,8,11-16,19H2,1-4H3,(H,33,34,35,39)/t20?,24-/m0/s1. The number of hydrogen-bond acceptors (Lipinski definition) is 11. The number of thioether (sulfide) groups is 1. The fourth-order valence-corrected chi connectivity index (χ4v) is 6.46. The third-order valence-electron chi connectivity index (χ3n) is 8.16. The van der Waals surface area contributed by atoms with E-state index in [9.17, 15) is 19.2 Å². The fraction of sp³-hybridized carbons (Fsp3) is 0.438. The zero-order valence-corrected chi connectivity index (χ0v) is 27.2. The van der Waals surface area contributed by atoms with Crippen LogP contribution in [0.3, 0.4) is 0 Å². The van der Waals surface area contributed by atoms with Gasteiger partial charge in [-0.1, -0.05) is 49.0 Å². The van der Waals surface area contributed by atoms with E-state index in [1.165, 1.54) is 21.3 Å². The van der Waals surface area contributed by atoms with Crippen molar-refractivity contribution in [2.45, 2.75) is 25.8 Å². The molecule has 2 saturated heterocycles. The Kier molecular flexibility index (Phi) is 10.5. The SMILES string of the molecule is COC(=O)N1CCN(c2nc(NC(=O)[C@@H]3CCCN3C(=O)C(C)CSC(=O)c3ccccc3)c3cc(OC)c(OC)cc3n2)CC1. The second kappa shape index (κ2) is 14.7. The Morgan fingerprint density at radius 2 is 1.65 bits per heavy atom. The maximum absolute atomic E-state index is 13.8. The normalized spacial score (nSPS) is 17.0. The molecule has 0 spiro atoms. The van der Waals surface area contributed by atoms with E-state index in [-0.39, 0.29) is 22.7 Å². The molecule has 0 aliphatic carbocycles. The molecule has 5 rings (SSSR count). The minimum Gasteiger partial charge on any atom is -0.493 e. The van der Waals surface area contributed by atoms with Crippen LogP contribution in [0.25, 0.3) is 10.9 Å². The van der Waals surface area contributed by atoms with E-state index in [4.69, 9.17) is 24.2 Å². The monoisotopic (exact) mass is 650 g/mol. The van der Waals surface area contributed by atoms with Crippen molar-refractivity contribution in [3.05, 3.63) is 48.0 Å². The maximum Gasteiger partial charge on any atom is 0.409 e. The lowest BCUT2D eigenvalue weighted by atomic mass is 10.1. The van der Waals surface area contributed by atoms with Crippen LogP contribution in [-0.2, 0) is 14.3 Å². The quantitative estimate of drug-likeness (QED) is 0.362. The molecule has 0 saturated carbocycles. The van der Waals surface area contributed by atoms with Crippen molar-refractivity contribution in [3.63, 3.8) is 0 Å². The highest BCUT2D eigenvalue weighted by molar-refractivity contribution is 8.14. The molecule has 1 aromatic heterocycles. The van der Waals surface area contributed by atoms with Gasteiger partial charge in [0.25, 0.3) is 0 Å². The van der Waals surface area contributed by atoms with Gasteiger partial charge < -0.3 is 34.2 Å². The van der Waals surface area contributed by atoms with E-state index in [1.807, 2.05) is 11.0 Å². The lowest BCUT2D eigenvalue weighted by molar-refractivity contribution is -0.139. The van der Waals surface area contributed by atoms with Crippen LogP contribution in [0.5, 0.6) is 11.5 Å². The van der Waals surface area contributed by atoms with Crippen molar-refractivity contribution in [1.29, 1.82) is 0 Å². The lowest BCUT2D eigenvalue weighted by Crippen LogP contribution is -2.49. The molecule has 14 heteroatoms. The largest absolute Gasteiger partial charge is 0.493 e. The van der Waals surface area contributed by atoms with Gasteiger partial charge in [-0.2, -0.15) is 4.98 Å². The summed E-state index contributed by atoms with van der Waals surface area (Å²) in [6, 6.07) is 11.7. The average molecular weight is 651 g/mol. The van der Waals surface area contributed by atoms with E-state index in [0.29, 0.717) is 85.2 Å². The molecule has 13 nitrogen and oxygen atoms in total. The fourth-order valence-electron chi connectivity index (χ4n) is 5.61. The van der Waals surface area contributed by atoms with Gasteiger partial charge >= 0.3 is 6.09 Å². The predicted octanol–water partition coefficient (Wildman–Crippen LogP) is 3.67. The maximum atomic E-state index is 13.8. The third kappa shape index (κ3) is 7.11. The Labute approximate surface area is 271 Å². The first-order valence-corrected chi connectivity index (χ1v) is 16.1. The molecule has 0 bridgehead atoms. The van der Waals surface area contributed by atoms with Gasteiger partial charge in [0.2, 0.25) is 22.9 Å². The van der Waals surface area contributed by atoms with Gasteiger partial charge in [0, 0.05) is 61.4 Å². The van der Waals surface area contributed by atoms with Crippen LogP contribution < -0.4 is 19.7 Å². The number of nitrogens with one attached hydrogen (secondary N) is 1. The summed E-state index contributed by atoms with van der Waals surface area (Å²) in [7, 11) is 4.40. The molecule has 2 atom stereocenters. The second-order valence-electron chi connectivity index (χ2n) is 11.1. The molecule has 2 aliphatic heterocycles. The molecule has 1 N–H and O–H groups in total. The molecule has 3 aromatic rings. The van der Waals surface area contributed by atoms with Crippen molar-refractivity contribution < 1.29 is 33.4 Å². The first kappa shape index (κ1) is 32.8. The van der Waals surface area contributed by atoms with Gasteiger partial charge in [-0.15, -0.1) is 0 Å². The number of benzene rings is 2. The van der Waals surface area contributed by atoms with E-state index in [2.05, 4.69) is 5.32 Å². The smallest absolute Gasteiger partial charge is 0.409 e. The van der Waals surface area contributed by atoms with Crippen LogP contribution in [0.1, 0.15) is 30.1 Å². The molecule has 2 fully saturated rings. The molecule has 2 aromatic carbocycles. The van der Waals surface area contributed by atoms with Gasteiger partial charge in [-0.05, 0) is 18.9 Å². The Morgan fingerprint density at radius 3 is 2.33 bits per heavy atom. The highest BCUT2D eigenvalue weighted by atomic mass is 32.2. The zero-order valence-electron chi connectivity index (χ0n) is 26.4. The zero-order chi connectivity index (χ0) is 32.8. The van der Waals surface area contributed by atoms with Crippen molar-refractivity contribution >= 4 is 57.5 Å². The summed E-state index contributed by atoms with van der Waals surface area (Å²) in [6.45, 7) is 4.01. The Balaban J connectivity index is 1.35. The molecule has 0 radical (unpaired) electrons. The minimum atomic E-state index is -0.693. The van der Waals surface area contributed by atoms with E-state index in [0.717, 1.165) is 11.8 Å². The number of carbonyl (C=O) groups is 4. The summed E-state index contributed by atoms with van der Waals surface area (Å²) in [5.74, 6) is 0.891. The number of fused-ring (bicyclic) bond motifs is 1. The number of rotatable bonds is 9. The molecule has 3 amide bonds. The first-order chi connectivity index (χ1) is 22.2. The number of anilines is 2. The summed E-state index contributed by atoms with van der Waals surface area (Å²) in [5, 5.41) is 3.42.